The smallest absolute Gasteiger partial charge is 0.423 e. The molecule has 0 bridgehead atoms. The zero-order valence-corrected chi connectivity index (χ0v) is 6.78. The number of aromatic nitrogens is 1. The second-order valence-electron chi connectivity index (χ2n) is 2.57. The molecule has 0 aliphatic carbocycles. The third-order valence-electron chi connectivity index (χ3n) is 1.54. The van der Waals surface area contributed by atoms with Crippen LogP contribution in [0.15, 0.2) is 12.3 Å². The fourth-order valence-corrected chi connectivity index (χ4v) is 0.938. The fourth-order valence-electron chi connectivity index (χ4n) is 0.938. The number of halogens is 3. The number of nitrogens with zero attached hydrogens (tertiary/aromatic N) is 1. The van der Waals surface area contributed by atoms with Crippen LogP contribution in [0.3, 0.4) is 0 Å². The van der Waals surface area contributed by atoms with E-state index >= 15 is 0 Å². The minimum atomic E-state index is -4.68. The largest absolute Gasteiger partial charge is 0.489 e. The lowest BCUT2D eigenvalue weighted by molar-refractivity contribution is -0.137. The Bertz CT molecular complexity index is 342. The molecule has 1 aromatic heterocycles. The molecule has 0 amide bonds. The van der Waals surface area contributed by atoms with E-state index < -0.39 is 24.3 Å². The molecule has 0 atom stereocenters. The number of rotatable bonds is 1. The van der Waals surface area contributed by atoms with Crippen molar-refractivity contribution in [1.29, 1.82) is 0 Å². The Morgan fingerprint density at radius 2 is 1.93 bits per heavy atom. The first-order valence-corrected chi connectivity index (χ1v) is 3.51. The average molecular weight is 206 g/mol. The Labute approximate surface area is 77.3 Å². The van der Waals surface area contributed by atoms with Crippen molar-refractivity contribution in [2.24, 2.45) is 0 Å². The minimum Gasteiger partial charge on any atom is -0.423 e. The van der Waals surface area contributed by atoms with Gasteiger partial charge in [0.15, 0.2) is 0 Å². The van der Waals surface area contributed by atoms with E-state index in [0.29, 0.717) is 6.20 Å². The molecule has 76 valence electrons. The van der Waals surface area contributed by atoms with Crippen molar-refractivity contribution < 1.29 is 23.2 Å². The van der Waals surface area contributed by atoms with E-state index in [4.69, 9.17) is 15.8 Å². The summed E-state index contributed by atoms with van der Waals surface area (Å²) in [5.74, 6) is -0.207. The van der Waals surface area contributed by atoms with Crippen molar-refractivity contribution >= 4 is 18.4 Å². The van der Waals surface area contributed by atoms with Crippen LogP contribution in [0.2, 0.25) is 0 Å². The van der Waals surface area contributed by atoms with Crippen molar-refractivity contribution in [2.75, 3.05) is 5.73 Å². The SMILES string of the molecule is Nc1cc(B(O)O)c(C(F)(F)F)cn1. The van der Waals surface area contributed by atoms with Gasteiger partial charge in [-0.3, -0.25) is 0 Å². The summed E-state index contributed by atoms with van der Waals surface area (Å²) in [5, 5.41) is 17.3. The molecule has 1 aromatic rings. The van der Waals surface area contributed by atoms with Crippen molar-refractivity contribution in [3.63, 3.8) is 0 Å². The first-order valence-electron chi connectivity index (χ1n) is 3.51. The molecule has 0 saturated carbocycles. The van der Waals surface area contributed by atoms with Crippen LogP contribution in [0, 0.1) is 0 Å². The fraction of sp³-hybridized carbons (Fsp3) is 0.167. The Hall–Kier alpha value is -1.28. The van der Waals surface area contributed by atoms with Crippen molar-refractivity contribution in [3.05, 3.63) is 17.8 Å². The molecule has 0 unspecified atom stereocenters. The van der Waals surface area contributed by atoms with Crippen molar-refractivity contribution in [3.8, 4) is 0 Å². The topological polar surface area (TPSA) is 79.4 Å². The lowest BCUT2D eigenvalue weighted by Crippen LogP contribution is -2.36. The molecule has 0 saturated heterocycles. The van der Waals surface area contributed by atoms with Gasteiger partial charge in [-0.1, -0.05) is 0 Å². The Morgan fingerprint density at radius 3 is 2.36 bits per heavy atom. The zero-order chi connectivity index (χ0) is 10.9. The van der Waals surface area contributed by atoms with Gasteiger partial charge < -0.3 is 15.8 Å². The summed E-state index contributed by atoms with van der Waals surface area (Å²) in [6.07, 6.45) is -4.22. The van der Waals surface area contributed by atoms with E-state index in [2.05, 4.69) is 4.98 Å². The number of hydrogen-bond acceptors (Lipinski definition) is 4. The van der Waals surface area contributed by atoms with Crippen LogP contribution in [0.4, 0.5) is 19.0 Å². The highest BCUT2D eigenvalue weighted by atomic mass is 19.4. The van der Waals surface area contributed by atoms with Gasteiger partial charge in [-0.05, 0) is 11.5 Å². The van der Waals surface area contributed by atoms with Crippen LogP contribution in [0.1, 0.15) is 5.56 Å². The van der Waals surface area contributed by atoms with E-state index in [0.717, 1.165) is 6.07 Å². The van der Waals surface area contributed by atoms with Gasteiger partial charge in [0, 0.05) is 6.20 Å². The second kappa shape index (κ2) is 3.47. The highest BCUT2D eigenvalue weighted by Gasteiger charge is 2.36. The predicted molar refractivity (Wildman–Crippen MR) is 43.5 cm³/mol. The third kappa shape index (κ3) is 2.15. The first-order chi connectivity index (χ1) is 6.32. The van der Waals surface area contributed by atoms with Crippen molar-refractivity contribution in [1.82, 2.24) is 4.98 Å². The molecule has 0 aliphatic rings. The lowest BCUT2D eigenvalue weighted by Gasteiger charge is -2.11. The molecule has 4 nitrogen and oxygen atoms in total. The normalized spacial score (nSPS) is 11.5. The molecule has 0 radical (unpaired) electrons. The average Bonchev–Trinajstić information content (AvgIpc) is 2.01. The van der Waals surface area contributed by atoms with Crippen LogP contribution >= 0.6 is 0 Å². The first kappa shape index (κ1) is 10.8. The van der Waals surface area contributed by atoms with Gasteiger partial charge in [0.1, 0.15) is 5.82 Å². The van der Waals surface area contributed by atoms with Crippen LogP contribution in [0.5, 0.6) is 0 Å². The number of pyridine rings is 1. The molecule has 4 N–H and O–H groups in total. The maximum atomic E-state index is 12.2. The molecule has 0 fully saturated rings. The van der Waals surface area contributed by atoms with Gasteiger partial charge in [0.05, 0.1) is 5.56 Å². The minimum absolute atomic E-state index is 0.207. The molecule has 0 aromatic carbocycles. The van der Waals surface area contributed by atoms with E-state index in [1.54, 1.807) is 0 Å². The van der Waals surface area contributed by atoms with Gasteiger partial charge in [0.25, 0.3) is 0 Å². The number of anilines is 1. The number of nitrogens with two attached hydrogens (primary N) is 1. The summed E-state index contributed by atoms with van der Waals surface area (Å²) in [7, 11) is -2.23. The quantitative estimate of drug-likeness (QED) is 0.534. The van der Waals surface area contributed by atoms with E-state index in [9.17, 15) is 13.2 Å². The van der Waals surface area contributed by atoms with E-state index in [1.807, 2.05) is 0 Å². The molecule has 8 heteroatoms. The maximum absolute atomic E-state index is 12.2. The standard InChI is InChI=1S/C6H6BF3N2O2/c8-6(9,10)3-2-12-5(11)1-4(3)7(13)14/h1-2,13-14H,(H2,11,12). The van der Waals surface area contributed by atoms with Crippen molar-refractivity contribution in [2.45, 2.75) is 6.18 Å². The molecule has 14 heavy (non-hydrogen) atoms. The van der Waals surface area contributed by atoms with Gasteiger partial charge in [-0.15, -0.1) is 0 Å². The lowest BCUT2D eigenvalue weighted by atomic mass is 9.77. The summed E-state index contributed by atoms with van der Waals surface area (Å²) in [5.41, 5.74) is 3.20. The molecule has 0 spiro atoms. The molecular weight excluding hydrogens is 200 g/mol. The highest BCUT2D eigenvalue weighted by molar-refractivity contribution is 6.59. The maximum Gasteiger partial charge on any atom is 0.489 e. The number of alkyl halides is 3. The third-order valence-corrected chi connectivity index (χ3v) is 1.54. The highest BCUT2D eigenvalue weighted by Crippen LogP contribution is 2.27. The molecular formula is C6H6BF3N2O2. The number of hydrogen-bond donors (Lipinski definition) is 3. The molecule has 0 aliphatic heterocycles. The van der Waals surface area contributed by atoms with Gasteiger partial charge in [-0.2, -0.15) is 13.2 Å². The Kier molecular flexibility index (Phi) is 2.67. The van der Waals surface area contributed by atoms with Crippen LogP contribution in [0.25, 0.3) is 0 Å². The molecule has 1 rings (SSSR count). The summed E-state index contributed by atoms with van der Waals surface area (Å²) >= 11 is 0. The van der Waals surface area contributed by atoms with Crippen LogP contribution in [-0.4, -0.2) is 22.2 Å². The predicted octanol–water partition coefficient (Wildman–Crippen LogP) is -0.638. The monoisotopic (exact) mass is 206 g/mol. The summed E-state index contributed by atoms with van der Waals surface area (Å²) in [6, 6.07) is 0.771. The Morgan fingerprint density at radius 1 is 1.36 bits per heavy atom. The van der Waals surface area contributed by atoms with Crippen LogP contribution in [-0.2, 0) is 6.18 Å². The van der Waals surface area contributed by atoms with E-state index in [1.165, 1.54) is 0 Å². The van der Waals surface area contributed by atoms with Gasteiger partial charge in [0.2, 0.25) is 0 Å². The van der Waals surface area contributed by atoms with Gasteiger partial charge >= 0.3 is 13.3 Å². The second-order valence-corrected chi connectivity index (χ2v) is 2.57. The number of nitrogen functional groups attached to an aromatic ring is 1. The summed E-state index contributed by atoms with van der Waals surface area (Å²) < 4.78 is 36.7. The van der Waals surface area contributed by atoms with Crippen LogP contribution < -0.4 is 11.2 Å². The molecule has 1 heterocycles. The van der Waals surface area contributed by atoms with E-state index in [-0.39, 0.29) is 5.82 Å². The summed E-state index contributed by atoms with van der Waals surface area (Å²) in [4.78, 5) is 3.22. The Balaban J connectivity index is 3.29. The summed E-state index contributed by atoms with van der Waals surface area (Å²) in [6.45, 7) is 0. The van der Waals surface area contributed by atoms with Gasteiger partial charge in [-0.25, -0.2) is 4.98 Å². The zero-order valence-electron chi connectivity index (χ0n) is 6.78.